The highest BCUT2D eigenvalue weighted by Crippen LogP contribution is 2.36. The van der Waals surface area contributed by atoms with Gasteiger partial charge in [-0.15, -0.1) is 11.3 Å². The number of carbonyl (C=O) groups is 3. The van der Waals surface area contributed by atoms with Crippen molar-refractivity contribution in [3.63, 3.8) is 0 Å². The second kappa shape index (κ2) is 5.09. The van der Waals surface area contributed by atoms with Gasteiger partial charge in [-0.1, -0.05) is 23.7 Å². The van der Waals surface area contributed by atoms with Gasteiger partial charge in [0.2, 0.25) is 5.78 Å². The molecule has 0 radical (unpaired) electrons. The van der Waals surface area contributed by atoms with E-state index in [2.05, 4.69) is 0 Å². The number of esters is 1. The third-order valence-electron chi connectivity index (χ3n) is 3.14. The van der Waals surface area contributed by atoms with Crippen molar-refractivity contribution in [3.05, 3.63) is 55.7 Å². The van der Waals surface area contributed by atoms with E-state index in [0.717, 1.165) is 11.3 Å². The molecule has 1 aliphatic carbocycles. The van der Waals surface area contributed by atoms with Gasteiger partial charge in [0.05, 0.1) is 22.1 Å². The number of ketones is 2. The summed E-state index contributed by atoms with van der Waals surface area (Å²) in [5.74, 6) is -1.16. The van der Waals surface area contributed by atoms with Gasteiger partial charge in [0.1, 0.15) is 4.88 Å². The van der Waals surface area contributed by atoms with E-state index >= 15 is 0 Å². The Hall–Kier alpha value is -1.98. The monoisotopic (exact) mass is 320 g/mol. The highest BCUT2D eigenvalue weighted by molar-refractivity contribution is 7.16. The summed E-state index contributed by atoms with van der Waals surface area (Å²) in [6.45, 7) is 1.92. The minimum atomic E-state index is -0.535. The maximum Gasteiger partial charge on any atom is 0.348 e. The van der Waals surface area contributed by atoms with Crippen molar-refractivity contribution in [2.45, 2.75) is 6.92 Å². The molecule has 1 aromatic heterocycles. The van der Waals surface area contributed by atoms with E-state index in [9.17, 15) is 14.4 Å². The number of ether oxygens (including phenoxy) is 1. The van der Waals surface area contributed by atoms with Gasteiger partial charge in [-0.05, 0) is 19.1 Å². The van der Waals surface area contributed by atoms with Crippen LogP contribution in [0.5, 0.6) is 0 Å². The molecule has 6 heteroatoms. The number of thiophene rings is 1. The van der Waals surface area contributed by atoms with E-state index in [1.54, 1.807) is 25.1 Å². The van der Waals surface area contributed by atoms with Crippen molar-refractivity contribution < 1.29 is 19.1 Å². The molecule has 3 rings (SSSR count). The zero-order chi connectivity index (χ0) is 15.1. The van der Waals surface area contributed by atoms with E-state index < -0.39 is 5.97 Å². The largest absolute Gasteiger partial charge is 0.462 e. The molecular weight excluding hydrogens is 312 g/mol. The number of hydrogen-bond acceptors (Lipinski definition) is 5. The average molecular weight is 321 g/mol. The predicted octanol–water partition coefficient (Wildman–Crippen LogP) is 3.35. The number of benzene rings is 1. The second-order valence-electron chi connectivity index (χ2n) is 4.39. The standard InChI is InChI=1S/C15H9ClO4S/c1-2-20-15(19)10-6-8-12(17)7-4-3-5-9(16)11(7)13(18)14(8)21-10/h3-6H,2H2,1H3. The van der Waals surface area contributed by atoms with E-state index in [4.69, 9.17) is 16.3 Å². The van der Waals surface area contributed by atoms with Gasteiger partial charge in [0, 0.05) is 11.1 Å². The summed E-state index contributed by atoms with van der Waals surface area (Å²) in [7, 11) is 0. The Morgan fingerprint density at radius 1 is 1.24 bits per heavy atom. The van der Waals surface area contributed by atoms with E-state index in [1.165, 1.54) is 6.07 Å². The lowest BCUT2D eigenvalue weighted by Gasteiger charge is -2.14. The lowest BCUT2D eigenvalue weighted by atomic mass is 9.89. The predicted molar refractivity (Wildman–Crippen MR) is 78.6 cm³/mol. The smallest absolute Gasteiger partial charge is 0.348 e. The fourth-order valence-corrected chi connectivity index (χ4v) is 3.49. The Bertz CT molecular complexity index is 791. The topological polar surface area (TPSA) is 60.4 Å². The third kappa shape index (κ3) is 2.09. The Morgan fingerprint density at radius 3 is 2.71 bits per heavy atom. The fourth-order valence-electron chi connectivity index (χ4n) is 2.23. The van der Waals surface area contributed by atoms with Gasteiger partial charge in [0.15, 0.2) is 5.78 Å². The van der Waals surface area contributed by atoms with Crippen LogP contribution in [0.4, 0.5) is 0 Å². The third-order valence-corrected chi connectivity index (χ3v) is 4.57. The zero-order valence-electron chi connectivity index (χ0n) is 10.9. The highest BCUT2D eigenvalue weighted by atomic mass is 35.5. The summed E-state index contributed by atoms with van der Waals surface area (Å²) < 4.78 is 4.90. The van der Waals surface area contributed by atoms with Gasteiger partial charge in [0.25, 0.3) is 0 Å². The van der Waals surface area contributed by atoms with Crippen molar-refractivity contribution in [2.75, 3.05) is 6.61 Å². The summed E-state index contributed by atoms with van der Waals surface area (Å²) in [5.41, 5.74) is 0.713. The molecule has 0 amide bonds. The SMILES string of the molecule is CCOC(=O)c1cc2c(s1)C(=O)c1c(Cl)cccc1C2=O. The number of hydrogen-bond donors (Lipinski definition) is 0. The first-order valence-corrected chi connectivity index (χ1v) is 7.43. The van der Waals surface area contributed by atoms with E-state index in [-0.39, 0.29) is 49.6 Å². The lowest BCUT2D eigenvalue weighted by molar-refractivity contribution is 0.0532. The molecule has 0 atom stereocenters. The van der Waals surface area contributed by atoms with Crippen molar-refractivity contribution in [1.82, 2.24) is 0 Å². The van der Waals surface area contributed by atoms with Crippen LogP contribution in [0.15, 0.2) is 24.3 Å². The van der Waals surface area contributed by atoms with Crippen LogP contribution in [0.3, 0.4) is 0 Å². The molecule has 0 saturated heterocycles. The molecule has 2 aromatic rings. The summed E-state index contributed by atoms with van der Waals surface area (Å²) in [6, 6.07) is 6.17. The van der Waals surface area contributed by atoms with E-state index in [1.807, 2.05) is 0 Å². The lowest BCUT2D eigenvalue weighted by Crippen LogP contribution is -2.18. The first kappa shape index (κ1) is 14.0. The van der Waals surface area contributed by atoms with Gasteiger partial charge in [-0.3, -0.25) is 9.59 Å². The molecule has 1 aromatic carbocycles. The van der Waals surface area contributed by atoms with Crippen LogP contribution < -0.4 is 0 Å². The maximum atomic E-state index is 12.5. The number of fused-ring (bicyclic) bond motifs is 2. The number of halogens is 1. The van der Waals surface area contributed by atoms with Crippen molar-refractivity contribution in [2.24, 2.45) is 0 Å². The molecule has 0 bridgehead atoms. The van der Waals surface area contributed by atoms with Crippen molar-refractivity contribution >= 4 is 40.5 Å². The minimum absolute atomic E-state index is 0.203. The molecule has 0 saturated carbocycles. The first-order chi connectivity index (χ1) is 10.0. The Morgan fingerprint density at radius 2 is 2.00 bits per heavy atom. The molecule has 4 nitrogen and oxygen atoms in total. The molecule has 1 heterocycles. The first-order valence-electron chi connectivity index (χ1n) is 6.23. The quantitative estimate of drug-likeness (QED) is 0.679. The number of carbonyl (C=O) groups excluding carboxylic acids is 3. The molecule has 0 N–H and O–H groups in total. The van der Waals surface area contributed by atoms with Crippen LogP contribution in [-0.2, 0) is 4.74 Å². The van der Waals surface area contributed by atoms with E-state index in [0.29, 0.717) is 0 Å². The van der Waals surface area contributed by atoms with Gasteiger partial charge < -0.3 is 4.74 Å². The molecular formula is C15H9ClO4S. The fraction of sp³-hybridized carbons (Fsp3) is 0.133. The van der Waals surface area contributed by atoms with Gasteiger partial charge >= 0.3 is 5.97 Å². The molecule has 21 heavy (non-hydrogen) atoms. The second-order valence-corrected chi connectivity index (χ2v) is 5.85. The average Bonchev–Trinajstić information content (AvgIpc) is 2.90. The highest BCUT2D eigenvalue weighted by Gasteiger charge is 2.34. The summed E-state index contributed by atoms with van der Waals surface area (Å²) in [4.78, 5) is 37.2. The van der Waals surface area contributed by atoms with Crippen LogP contribution in [0.2, 0.25) is 5.02 Å². The Balaban J connectivity index is 2.15. The maximum absolute atomic E-state index is 12.5. The summed E-state index contributed by atoms with van der Waals surface area (Å²) >= 11 is 6.99. The molecule has 0 unspecified atom stereocenters. The van der Waals surface area contributed by atoms with Crippen LogP contribution >= 0.6 is 22.9 Å². The van der Waals surface area contributed by atoms with Crippen LogP contribution in [0.1, 0.15) is 47.8 Å². The Kier molecular flexibility index (Phi) is 3.39. The van der Waals surface area contributed by atoms with Crippen LogP contribution in [0.25, 0.3) is 0 Å². The summed E-state index contributed by atoms with van der Waals surface area (Å²) in [6.07, 6.45) is 0. The zero-order valence-corrected chi connectivity index (χ0v) is 12.5. The van der Waals surface area contributed by atoms with Gasteiger partial charge in [-0.2, -0.15) is 0 Å². The minimum Gasteiger partial charge on any atom is -0.462 e. The molecule has 1 aliphatic rings. The van der Waals surface area contributed by atoms with Crippen LogP contribution in [0, 0.1) is 0 Å². The molecule has 0 aliphatic heterocycles. The van der Waals surface area contributed by atoms with Crippen molar-refractivity contribution in [3.8, 4) is 0 Å². The normalized spacial score (nSPS) is 12.9. The molecule has 0 spiro atoms. The van der Waals surface area contributed by atoms with Crippen molar-refractivity contribution in [1.29, 1.82) is 0 Å². The number of rotatable bonds is 2. The Labute approximate surface area is 129 Å². The van der Waals surface area contributed by atoms with Gasteiger partial charge in [-0.25, -0.2) is 4.79 Å². The van der Waals surface area contributed by atoms with Crippen LogP contribution in [-0.4, -0.2) is 24.1 Å². The molecule has 0 fully saturated rings. The molecule has 106 valence electrons. The summed E-state index contributed by atoms with van der Waals surface area (Å²) in [5, 5.41) is 0.239.